The second kappa shape index (κ2) is 9.75. The summed E-state index contributed by atoms with van der Waals surface area (Å²) in [5.41, 5.74) is 1.59. The molecule has 7 nitrogen and oxygen atoms in total. The van der Waals surface area contributed by atoms with E-state index < -0.39 is 16.1 Å². The van der Waals surface area contributed by atoms with Crippen molar-refractivity contribution >= 4 is 27.5 Å². The van der Waals surface area contributed by atoms with E-state index in [1.54, 1.807) is 24.3 Å². The number of benzene rings is 2. The lowest BCUT2D eigenvalue weighted by Crippen LogP contribution is -2.39. The Kier molecular flexibility index (Phi) is 7.10. The number of aliphatic imine (C=N–C) groups is 1. The van der Waals surface area contributed by atoms with Crippen LogP contribution in [0.2, 0.25) is 0 Å². The molecule has 0 bridgehead atoms. The lowest BCUT2D eigenvalue weighted by atomic mass is 10.1. The minimum Gasteiger partial charge on any atom is -0.373 e. The number of likely N-dealkylation sites (N-methyl/N-ethyl adjacent to an activating group) is 1. The minimum atomic E-state index is -3.62. The predicted molar refractivity (Wildman–Crippen MR) is 119 cm³/mol. The molecule has 160 valence electrons. The molecule has 8 heteroatoms. The molecule has 2 aromatic carbocycles. The Bertz CT molecular complexity index is 1010. The zero-order valence-corrected chi connectivity index (χ0v) is 18.2. The molecule has 1 amide bonds. The van der Waals surface area contributed by atoms with Gasteiger partial charge in [-0.2, -0.15) is 0 Å². The van der Waals surface area contributed by atoms with Crippen molar-refractivity contribution in [1.82, 2.24) is 10.0 Å². The maximum Gasteiger partial charge on any atom is 0.263 e. The average Bonchev–Trinajstić information content (AvgIpc) is 3.01. The fourth-order valence-electron chi connectivity index (χ4n) is 3.31. The molecular formula is C22H28N4O3S. The molecule has 0 radical (unpaired) electrons. The maximum absolute atomic E-state index is 12.8. The minimum absolute atomic E-state index is 0.194. The second-order valence-electron chi connectivity index (χ2n) is 7.29. The number of nitrogens with zero attached hydrogens (tertiary/aromatic N) is 2. The van der Waals surface area contributed by atoms with E-state index in [0.29, 0.717) is 25.1 Å². The largest absolute Gasteiger partial charge is 0.373 e. The molecule has 2 aromatic rings. The second-order valence-corrected chi connectivity index (χ2v) is 8.94. The molecule has 1 unspecified atom stereocenters. The van der Waals surface area contributed by atoms with Crippen LogP contribution in [0.15, 0.2) is 64.5 Å². The van der Waals surface area contributed by atoms with Gasteiger partial charge in [-0.1, -0.05) is 50.1 Å². The van der Waals surface area contributed by atoms with E-state index in [2.05, 4.69) is 19.9 Å². The molecule has 0 aromatic heterocycles. The van der Waals surface area contributed by atoms with Gasteiger partial charge in [0.2, 0.25) is 5.91 Å². The van der Waals surface area contributed by atoms with Gasteiger partial charge in [0, 0.05) is 31.4 Å². The van der Waals surface area contributed by atoms with Crippen LogP contribution in [0.4, 0.5) is 5.69 Å². The van der Waals surface area contributed by atoms with Gasteiger partial charge in [0.25, 0.3) is 10.0 Å². The number of nitrogens with one attached hydrogen (secondary N) is 2. The Morgan fingerprint density at radius 1 is 1.13 bits per heavy atom. The van der Waals surface area contributed by atoms with Crippen LogP contribution < -0.4 is 14.9 Å². The van der Waals surface area contributed by atoms with E-state index in [1.807, 2.05) is 44.3 Å². The smallest absolute Gasteiger partial charge is 0.263 e. The molecule has 0 fully saturated rings. The maximum atomic E-state index is 12.8. The molecule has 0 saturated heterocycles. The summed E-state index contributed by atoms with van der Waals surface area (Å²) in [4.78, 5) is 19.6. The molecule has 1 aliphatic rings. The number of fused-ring (bicyclic) bond motifs is 1. The summed E-state index contributed by atoms with van der Waals surface area (Å²) in [6.45, 7) is 3.17. The van der Waals surface area contributed by atoms with Crippen molar-refractivity contribution < 1.29 is 13.2 Å². The summed E-state index contributed by atoms with van der Waals surface area (Å²) in [7, 11) is -1.65. The van der Waals surface area contributed by atoms with Gasteiger partial charge in [-0.05, 0) is 30.7 Å². The number of carbonyl (C=O) groups is 1. The number of carbonyl (C=O) groups excluding carboxylic acids is 1. The van der Waals surface area contributed by atoms with Crippen LogP contribution in [0.3, 0.4) is 0 Å². The van der Waals surface area contributed by atoms with Gasteiger partial charge in [0.1, 0.15) is 11.9 Å². The zero-order valence-electron chi connectivity index (χ0n) is 17.3. The first-order valence-electron chi connectivity index (χ1n) is 10.2. The van der Waals surface area contributed by atoms with Crippen molar-refractivity contribution in [1.29, 1.82) is 0 Å². The van der Waals surface area contributed by atoms with Crippen LogP contribution in [-0.2, 0) is 14.8 Å². The number of unbranched alkanes of at least 4 members (excludes halogenated alkanes) is 1. The quantitative estimate of drug-likeness (QED) is 0.642. The highest BCUT2D eigenvalue weighted by atomic mass is 32.2. The topological polar surface area (TPSA) is 90.9 Å². The third-order valence-electron chi connectivity index (χ3n) is 5.02. The number of rotatable bonds is 9. The summed E-state index contributed by atoms with van der Waals surface area (Å²) >= 11 is 0. The SMILES string of the molecule is CCCCC(N=C1NS(=O)(=O)c2ccccc21)C(=O)NCCN(C)c1ccccc1. The van der Waals surface area contributed by atoms with Crippen molar-refractivity contribution in [2.75, 3.05) is 25.0 Å². The Hall–Kier alpha value is -2.87. The van der Waals surface area contributed by atoms with Gasteiger partial charge in [0.15, 0.2) is 0 Å². The highest BCUT2D eigenvalue weighted by Gasteiger charge is 2.31. The molecule has 0 aliphatic carbocycles. The first kappa shape index (κ1) is 21.8. The lowest BCUT2D eigenvalue weighted by molar-refractivity contribution is -0.122. The predicted octanol–water partition coefficient (Wildman–Crippen LogP) is 2.54. The number of sulfonamides is 1. The zero-order chi connectivity index (χ0) is 21.6. The number of hydrogen-bond donors (Lipinski definition) is 2. The van der Waals surface area contributed by atoms with Crippen molar-refractivity contribution in [2.24, 2.45) is 4.99 Å². The Balaban J connectivity index is 1.68. The number of anilines is 1. The monoisotopic (exact) mass is 428 g/mol. The van der Waals surface area contributed by atoms with E-state index in [4.69, 9.17) is 0 Å². The normalized spacial score (nSPS) is 16.5. The number of amides is 1. The fourth-order valence-corrected chi connectivity index (χ4v) is 4.55. The highest BCUT2D eigenvalue weighted by Crippen LogP contribution is 2.23. The van der Waals surface area contributed by atoms with Gasteiger partial charge in [-0.25, -0.2) is 8.42 Å². The standard InChI is InChI=1S/C22H28N4O3S/c1-3-4-13-19(22(27)23-15-16-26(2)17-10-6-5-7-11-17)24-21-18-12-8-9-14-20(18)30(28,29)25-21/h5-12,14,19H,3-4,13,15-16H2,1-2H3,(H,23,27)(H,24,25). The van der Waals surface area contributed by atoms with Crippen LogP contribution in [0.5, 0.6) is 0 Å². The lowest BCUT2D eigenvalue weighted by Gasteiger charge is -2.20. The van der Waals surface area contributed by atoms with E-state index in [1.165, 1.54) is 0 Å². The van der Waals surface area contributed by atoms with Crippen molar-refractivity contribution in [3.05, 3.63) is 60.2 Å². The molecular weight excluding hydrogens is 400 g/mol. The summed E-state index contributed by atoms with van der Waals surface area (Å²) < 4.78 is 27.1. The summed E-state index contributed by atoms with van der Waals surface area (Å²) in [5.74, 6) is 0.0456. The molecule has 0 spiro atoms. The third-order valence-corrected chi connectivity index (χ3v) is 6.42. The van der Waals surface area contributed by atoms with Crippen molar-refractivity contribution in [2.45, 2.75) is 37.1 Å². The van der Waals surface area contributed by atoms with Gasteiger partial charge in [0.05, 0.1) is 4.90 Å². The fraction of sp³-hybridized carbons (Fsp3) is 0.364. The van der Waals surface area contributed by atoms with Crippen LogP contribution in [-0.4, -0.2) is 46.3 Å². The van der Waals surface area contributed by atoms with Crippen LogP contribution in [0, 0.1) is 0 Å². The highest BCUT2D eigenvalue weighted by molar-refractivity contribution is 7.90. The van der Waals surface area contributed by atoms with E-state index >= 15 is 0 Å². The molecule has 3 rings (SSSR count). The van der Waals surface area contributed by atoms with E-state index in [-0.39, 0.29) is 16.6 Å². The molecule has 30 heavy (non-hydrogen) atoms. The van der Waals surface area contributed by atoms with Crippen LogP contribution in [0.25, 0.3) is 0 Å². The summed E-state index contributed by atoms with van der Waals surface area (Å²) in [6, 6.07) is 16.0. The van der Waals surface area contributed by atoms with Crippen LogP contribution in [0.1, 0.15) is 31.7 Å². The number of hydrogen-bond acceptors (Lipinski definition) is 5. The first-order chi connectivity index (χ1) is 14.4. The summed E-state index contributed by atoms with van der Waals surface area (Å²) in [5, 5.41) is 2.95. The van der Waals surface area contributed by atoms with Gasteiger partial charge >= 0.3 is 0 Å². The Morgan fingerprint density at radius 3 is 2.57 bits per heavy atom. The van der Waals surface area contributed by atoms with E-state index in [0.717, 1.165) is 18.5 Å². The van der Waals surface area contributed by atoms with Crippen LogP contribution >= 0.6 is 0 Å². The summed E-state index contributed by atoms with van der Waals surface area (Å²) in [6.07, 6.45) is 2.31. The Morgan fingerprint density at radius 2 is 1.83 bits per heavy atom. The molecule has 1 heterocycles. The molecule has 2 N–H and O–H groups in total. The Labute approximate surface area is 178 Å². The number of amidine groups is 1. The molecule has 1 aliphatic heterocycles. The average molecular weight is 429 g/mol. The van der Waals surface area contributed by atoms with Gasteiger partial charge in [-0.15, -0.1) is 0 Å². The van der Waals surface area contributed by atoms with Crippen molar-refractivity contribution in [3.63, 3.8) is 0 Å². The van der Waals surface area contributed by atoms with Gasteiger partial charge in [-0.3, -0.25) is 14.5 Å². The van der Waals surface area contributed by atoms with Crippen molar-refractivity contribution in [3.8, 4) is 0 Å². The third kappa shape index (κ3) is 5.18. The molecule has 1 atom stereocenters. The molecule has 0 saturated carbocycles. The first-order valence-corrected chi connectivity index (χ1v) is 11.6. The number of para-hydroxylation sites is 1. The van der Waals surface area contributed by atoms with E-state index in [9.17, 15) is 13.2 Å². The van der Waals surface area contributed by atoms with Gasteiger partial charge < -0.3 is 10.2 Å².